The Labute approximate surface area is 153 Å². The van der Waals surface area contributed by atoms with E-state index >= 15 is 0 Å². The Morgan fingerprint density at radius 2 is 2.04 bits per heavy atom. The van der Waals surface area contributed by atoms with Crippen LogP contribution in [0.15, 0.2) is 28.7 Å². The number of carbonyl (C=O) groups excluding carboxylic acids is 1. The molecule has 0 aliphatic rings. The van der Waals surface area contributed by atoms with Crippen molar-refractivity contribution in [1.82, 2.24) is 4.90 Å². The molecule has 24 heavy (non-hydrogen) atoms. The second kappa shape index (κ2) is 8.29. The number of esters is 1. The number of anilines is 1. The number of hydrogen-bond acceptors (Lipinski definition) is 6. The van der Waals surface area contributed by atoms with Crippen molar-refractivity contribution in [3.8, 4) is 6.07 Å². The lowest BCUT2D eigenvalue weighted by molar-refractivity contribution is 0.0530. The van der Waals surface area contributed by atoms with Crippen molar-refractivity contribution in [3.05, 3.63) is 50.3 Å². The second-order valence-electron chi connectivity index (χ2n) is 5.28. The predicted octanol–water partition coefficient (Wildman–Crippen LogP) is 3.77. The summed E-state index contributed by atoms with van der Waals surface area (Å²) in [6, 6.07) is 10.1. The number of thiophene rings is 1. The van der Waals surface area contributed by atoms with Crippen LogP contribution in [0.25, 0.3) is 0 Å². The lowest BCUT2D eigenvalue weighted by atomic mass is 10.1. The maximum Gasteiger partial charge on any atom is 0.348 e. The molecule has 0 fully saturated rings. The van der Waals surface area contributed by atoms with E-state index in [1.165, 1.54) is 0 Å². The summed E-state index contributed by atoms with van der Waals surface area (Å²) in [6.45, 7) is 3.17. The summed E-state index contributed by atoms with van der Waals surface area (Å²) in [7, 11) is 1.94. The summed E-state index contributed by atoms with van der Waals surface area (Å²) in [4.78, 5) is 14.6. The van der Waals surface area contributed by atoms with Gasteiger partial charge in [0.25, 0.3) is 0 Å². The number of nitrogens with two attached hydrogens (primary N) is 1. The zero-order valence-corrected chi connectivity index (χ0v) is 15.9. The van der Waals surface area contributed by atoms with Crippen LogP contribution in [-0.4, -0.2) is 24.5 Å². The van der Waals surface area contributed by atoms with E-state index in [2.05, 4.69) is 22.0 Å². The first-order valence-corrected chi connectivity index (χ1v) is 8.98. The van der Waals surface area contributed by atoms with Gasteiger partial charge in [-0.25, -0.2) is 4.79 Å². The van der Waals surface area contributed by atoms with Crippen LogP contribution in [0.5, 0.6) is 0 Å². The van der Waals surface area contributed by atoms with Crippen LogP contribution >= 0.6 is 27.3 Å². The maximum atomic E-state index is 12.1. The van der Waals surface area contributed by atoms with E-state index < -0.39 is 5.97 Å². The van der Waals surface area contributed by atoms with Crippen molar-refractivity contribution in [1.29, 1.82) is 5.26 Å². The van der Waals surface area contributed by atoms with Crippen LogP contribution in [0.1, 0.15) is 33.3 Å². The molecule has 1 aromatic heterocycles. The van der Waals surface area contributed by atoms with Crippen molar-refractivity contribution in [2.75, 3.05) is 19.4 Å². The number of nitrogen functional groups attached to an aromatic ring is 1. The van der Waals surface area contributed by atoms with Gasteiger partial charge in [-0.05, 0) is 31.7 Å². The van der Waals surface area contributed by atoms with Crippen LogP contribution < -0.4 is 5.73 Å². The molecule has 7 heteroatoms. The average molecular weight is 408 g/mol. The van der Waals surface area contributed by atoms with E-state index in [-0.39, 0.29) is 6.61 Å². The molecule has 0 radical (unpaired) electrons. The van der Waals surface area contributed by atoms with Gasteiger partial charge in [0.2, 0.25) is 0 Å². The van der Waals surface area contributed by atoms with Gasteiger partial charge in [0, 0.05) is 23.1 Å². The standard InChI is InChI=1S/C17H18BrN3O2S/c1-3-23-17(22)15-14(13(8-19)16(20)24-15)10-21(2)9-11-4-6-12(18)7-5-11/h4-7H,3,9-10,20H2,1-2H3. The first kappa shape index (κ1) is 18.5. The normalized spacial score (nSPS) is 10.6. The molecule has 0 atom stereocenters. The van der Waals surface area contributed by atoms with Gasteiger partial charge < -0.3 is 10.5 Å². The highest BCUT2D eigenvalue weighted by Crippen LogP contribution is 2.32. The molecule has 1 aromatic carbocycles. The van der Waals surface area contributed by atoms with Gasteiger partial charge in [-0.1, -0.05) is 28.1 Å². The fourth-order valence-corrected chi connectivity index (χ4v) is 3.53. The molecule has 126 valence electrons. The molecule has 2 N–H and O–H groups in total. The van der Waals surface area contributed by atoms with E-state index in [1.807, 2.05) is 36.2 Å². The number of hydrogen-bond donors (Lipinski definition) is 1. The third-order valence-electron chi connectivity index (χ3n) is 3.40. The molecule has 0 spiro atoms. The maximum absolute atomic E-state index is 12.1. The number of halogens is 1. The third kappa shape index (κ3) is 4.35. The van der Waals surface area contributed by atoms with Gasteiger partial charge >= 0.3 is 5.97 Å². The molecular formula is C17H18BrN3O2S. The number of nitriles is 1. The lowest BCUT2D eigenvalue weighted by Crippen LogP contribution is -2.19. The number of ether oxygens (including phenoxy) is 1. The number of nitrogens with zero attached hydrogens (tertiary/aromatic N) is 2. The molecule has 0 saturated carbocycles. The van der Waals surface area contributed by atoms with Crippen molar-refractivity contribution in [3.63, 3.8) is 0 Å². The minimum Gasteiger partial charge on any atom is -0.462 e. The summed E-state index contributed by atoms with van der Waals surface area (Å²) in [5.74, 6) is -0.428. The fraction of sp³-hybridized carbons (Fsp3) is 0.294. The van der Waals surface area contributed by atoms with Crippen LogP contribution in [-0.2, 0) is 17.8 Å². The minimum atomic E-state index is -0.428. The van der Waals surface area contributed by atoms with Gasteiger partial charge in [0.15, 0.2) is 0 Å². The molecule has 1 heterocycles. The van der Waals surface area contributed by atoms with Crippen molar-refractivity contribution < 1.29 is 9.53 Å². The van der Waals surface area contributed by atoms with Crippen molar-refractivity contribution in [2.24, 2.45) is 0 Å². The van der Waals surface area contributed by atoms with Crippen molar-refractivity contribution >= 4 is 38.2 Å². The molecule has 0 saturated heterocycles. The molecule has 2 aromatic rings. The second-order valence-corrected chi connectivity index (χ2v) is 7.25. The number of rotatable bonds is 6. The van der Waals surface area contributed by atoms with Gasteiger partial charge in [0.05, 0.1) is 12.2 Å². The van der Waals surface area contributed by atoms with E-state index in [4.69, 9.17) is 10.5 Å². The molecule has 0 aliphatic heterocycles. The highest BCUT2D eigenvalue weighted by Gasteiger charge is 2.23. The highest BCUT2D eigenvalue weighted by atomic mass is 79.9. The quantitative estimate of drug-likeness (QED) is 0.736. The van der Waals surface area contributed by atoms with Crippen LogP contribution in [0.2, 0.25) is 0 Å². The summed E-state index contributed by atoms with van der Waals surface area (Å²) in [6.07, 6.45) is 0. The Hall–Kier alpha value is -1.88. The van der Waals surface area contributed by atoms with Crippen LogP contribution in [0.4, 0.5) is 5.00 Å². The zero-order chi connectivity index (χ0) is 17.7. The average Bonchev–Trinajstić information content (AvgIpc) is 2.85. The first-order valence-electron chi connectivity index (χ1n) is 7.37. The van der Waals surface area contributed by atoms with Crippen LogP contribution in [0, 0.1) is 11.3 Å². The lowest BCUT2D eigenvalue weighted by Gasteiger charge is -2.17. The van der Waals surface area contributed by atoms with Gasteiger partial charge in [-0.2, -0.15) is 5.26 Å². The molecule has 0 aliphatic carbocycles. The van der Waals surface area contributed by atoms with E-state index in [0.29, 0.717) is 34.1 Å². The Bertz CT molecular complexity index is 765. The molecule has 0 unspecified atom stereocenters. The van der Waals surface area contributed by atoms with Crippen LogP contribution in [0.3, 0.4) is 0 Å². The molecular weight excluding hydrogens is 390 g/mol. The molecule has 2 rings (SSSR count). The molecule has 5 nitrogen and oxygen atoms in total. The van der Waals surface area contributed by atoms with Crippen molar-refractivity contribution in [2.45, 2.75) is 20.0 Å². The van der Waals surface area contributed by atoms with Gasteiger partial charge in [0.1, 0.15) is 15.9 Å². The smallest absolute Gasteiger partial charge is 0.348 e. The molecule has 0 bridgehead atoms. The number of carbonyl (C=O) groups is 1. The fourth-order valence-electron chi connectivity index (χ4n) is 2.35. The Kier molecular flexibility index (Phi) is 6.37. The largest absolute Gasteiger partial charge is 0.462 e. The van der Waals surface area contributed by atoms with E-state index in [9.17, 15) is 10.1 Å². The highest BCUT2D eigenvalue weighted by molar-refractivity contribution is 9.10. The SMILES string of the molecule is CCOC(=O)c1sc(N)c(C#N)c1CN(C)Cc1ccc(Br)cc1. The monoisotopic (exact) mass is 407 g/mol. The number of benzene rings is 1. The Morgan fingerprint density at radius 1 is 1.38 bits per heavy atom. The predicted molar refractivity (Wildman–Crippen MR) is 98.7 cm³/mol. The summed E-state index contributed by atoms with van der Waals surface area (Å²) >= 11 is 4.53. The zero-order valence-electron chi connectivity index (χ0n) is 13.5. The third-order valence-corrected chi connectivity index (χ3v) is 4.97. The minimum absolute atomic E-state index is 0.284. The Morgan fingerprint density at radius 3 is 2.62 bits per heavy atom. The topological polar surface area (TPSA) is 79.3 Å². The van der Waals surface area contributed by atoms with Gasteiger partial charge in [-0.15, -0.1) is 11.3 Å². The van der Waals surface area contributed by atoms with Gasteiger partial charge in [-0.3, -0.25) is 4.90 Å². The van der Waals surface area contributed by atoms with E-state index in [1.54, 1.807) is 6.92 Å². The summed E-state index contributed by atoms with van der Waals surface area (Å²) in [5.41, 5.74) is 8.04. The Balaban J connectivity index is 2.22. The first-order chi connectivity index (χ1) is 11.5. The molecule has 0 amide bonds. The summed E-state index contributed by atoms with van der Waals surface area (Å²) < 4.78 is 6.10. The summed E-state index contributed by atoms with van der Waals surface area (Å²) in [5, 5.41) is 9.71. The van der Waals surface area contributed by atoms with E-state index in [0.717, 1.165) is 21.4 Å².